The molecule has 9 rings (SSSR count). The topological polar surface area (TPSA) is 35.9 Å². The maximum absolute atomic E-state index is 6.94. The fraction of sp³-hybridized carbons (Fsp3) is 0.290. The van der Waals surface area contributed by atoms with E-state index in [0.29, 0.717) is 11.5 Å². The summed E-state index contributed by atoms with van der Waals surface area (Å²) >= 11 is 0. The number of ether oxygens (including phenoxy) is 1. The van der Waals surface area contributed by atoms with Gasteiger partial charge in [0.05, 0.1) is 17.1 Å². The van der Waals surface area contributed by atoms with Gasteiger partial charge >= 0.3 is 0 Å². The third-order valence-corrected chi connectivity index (χ3v) is 13.5. The van der Waals surface area contributed by atoms with E-state index in [9.17, 15) is 0 Å². The molecule has 0 aliphatic heterocycles. The van der Waals surface area contributed by atoms with Crippen molar-refractivity contribution in [3.63, 3.8) is 0 Å². The Morgan fingerprint density at radius 1 is 0.529 bits per heavy atom. The number of benzene rings is 6. The van der Waals surface area contributed by atoms with Crippen molar-refractivity contribution in [2.45, 2.75) is 117 Å². The Hall–Kier alpha value is -6.03. The Labute approximate surface area is 419 Å². The monoisotopic (exact) mass is 1080 g/mol. The summed E-state index contributed by atoms with van der Waals surface area (Å²) < 4.78 is 13.7. The van der Waals surface area contributed by atoms with Gasteiger partial charge in [0.1, 0.15) is 5.82 Å². The van der Waals surface area contributed by atoms with Gasteiger partial charge in [-0.25, -0.2) is 4.98 Å². The van der Waals surface area contributed by atoms with Crippen molar-refractivity contribution in [1.29, 1.82) is 0 Å². The number of fused-ring (bicyclic) bond motifs is 3. The molecule has 350 valence electrons. The van der Waals surface area contributed by atoms with E-state index in [1.54, 1.807) is 0 Å². The van der Waals surface area contributed by atoms with Gasteiger partial charge in [0.15, 0.2) is 0 Å². The summed E-state index contributed by atoms with van der Waals surface area (Å²) in [6.07, 6.45) is 5.79. The first kappa shape index (κ1) is 48.4. The molecule has 68 heavy (non-hydrogen) atoms. The molecular formula is C62H64N4OPt-2. The molecule has 0 fully saturated rings. The smallest absolute Gasteiger partial charge is 0.267 e. The number of hydrogen-bond donors (Lipinski definition) is 0. The van der Waals surface area contributed by atoms with E-state index in [-0.39, 0.29) is 48.1 Å². The second-order valence-electron chi connectivity index (χ2n) is 22.3. The summed E-state index contributed by atoms with van der Waals surface area (Å²) in [5, 5.41) is 2.30. The Kier molecular flexibility index (Phi) is 12.7. The number of pyridine rings is 1. The van der Waals surface area contributed by atoms with Crippen LogP contribution in [0.3, 0.4) is 0 Å². The maximum Gasteiger partial charge on any atom is 0.267 e. The zero-order valence-corrected chi connectivity index (χ0v) is 44.2. The summed E-state index contributed by atoms with van der Waals surface area (Å²) in [5.41, 5.74) is 11.3. The van der Waals surface area contributed by atoms with E-state index >= 15 is 0 Å². The Morgan fingerprint density at radius 2 is 1.12 bits per heavy atom. The van der Waals surface area contributed by atoms with Crippen LogP contribution in [0, 0.1) is 18.5 Å². The number of aromatic nitrogens is 4. The molecule has 0 bridgehead atoms. The fourth-order valence-electron chi connectivity index (χ4n) is 9.78. The second-order valence-corrected chi connectivity index (χ2v) is 22.3. The number of hydrogen-bond acceptors (Lipinski definition) is 2. The normalized spacial score (nSPS) is 12.7. The van der Waals surface area contributed by atoms with Crippen molar-refractivity contribution in [3.05, 3.63) is 209 Å². The van der Waals surface area contributed by atoms with Crippen molar-refractivity contribution in [3.8, 4) is 28.7 Å². The van der Waals surface area contributed by atoms with Crippen molar-refractivity contribution in [2.75, 3.05) is 0 Å². The molecule has 0 saturated heterocycles. The van der Waals surface area contributed by atoms with Gasteiger partial charge in [-0.1, -0.05) is 192 Å². The van der Waals surface area contributed by atoms with Gasteiger partial charge in [0.25, 0.3) is 6.33 Å². The van der Waals surface area contributed by atoms with Gasteiger partial charge in [-0.3, -0.25) is 4.57 Å². The van der Waals surface area contributed by atoms with E-state index in [1.165, 1.54) is 39.2 Å². The SMILES string of the molecule is CC(C)(C)c1cc(Oc2[c-]c(-n3[c-][n+](-c4cccc(C(C)(C)c5ccccc5)c4)c(C(C)(C)C)c3C(C)(C)C)ccc2)[c-]c2c1c1ccccc1n2-c1cc(C(C)(C)c2ccccc2)ccn1.[Pt]. The van der Waals surface area contributed by atoms with Crippen LogP contribution < -0.4 is 9.30 Å². The Bertz CT molecular complexity index is 3260. The number of rotatable bonds is 9. The van der Waals surface area contributed by atoms with Gasteiger partial charge in [0.2, 0.25) is 0 Å². The van der Waals surface area contributed by atoms with Crippen LogP contribution in [0.15, 0.2) is 152 Å². The van der Waals surface area contributed by atoms with Crippen LogP contribution in [0.25, 0.3) is 39.0 Å². The third kappa shape index (κ3) is 8.91. The van der Waals surface area contributed by atoms with Crippen LogP contribution in [0.5, 0.6) is 11.5 Å². The molecule has 0 N–H and O–H groups in total. The van der Waals surface area contributed by atoms with Gasteiger partial charge in [-0.05, 0) is 79.9 Å². The maximum atomic E-state index is 6.94. The van der Waals surface area contributed by atoms with Crippen LogP contribution in [-0.4, -0.2) is 14.1 Å². The molecule has 3 aromatic heterocycles. The van der Waals surface area contributed by atoms with Gasteiger partial charge < -0.3 is 13.9 Å². The van der Waals surface area contributed by atoms with Crippen LogP contribution >= 0.6 is 0 Å². The minimum atomic E-state index is -0.245. The molecule has 0 amide bonds. The molecule has 0 unspecified atom stereocenters. The molecule has 0 atom stereocenters. The standard InChI is InChI=1S/C62H64N4O.Pt/c1-58(2,3)51-39-49(40-53-55(51)50-32-20-21-33-52(50)66(53)54-37-45(34-35-63-54)62(12,13)43-26-18-15-19-27-43)67-48-31-23-30-47(38-48)65-41-64(56(59(4,5)6)57(65)60(7,8)9)46-29-22-28-44(36-46)61(10,11)42-24-16-14-17-25-42;/h14-37,39H,1-13H3;/q-2;. The molecule has 6 heteroatoms. The summed E-state index contributed by atoms with van der Waals surface area (Å²) in [6, 6.07) is 59.1. The van der Waals surface area contributed by atoms with Crippen LogP contribution in [0.4, 0.5) is 0 Å². The first-order valence-electron chi connectivity index (χ1n) is 23.6. The van der Waals surface area contributed by atoms with E-state index in [1.807, 2.05) is 12.3 Å². The summed E-state index contributed by atoms with van der Waals surface area (Å²) in [7, 11) is 0. The third-order valence-electron chi connectivity index (χ3n) is 13.5. The van der Waals surface area contributed by atoms with E-state index in [4.69, 9.17) is 9.72 Å². The van der Waals surface area contributed by atoms with Crippen molar-refractivity contribution >= 4 is 21.8 Å². The molecular weight excluding hydrogens is 1010 g/mol. The molecule has 6 aromatic carbocycles. The van der Waals surface area contributed by atoms with E-state index in [0.717, 1.165) is 39.0 Å². The molecule has 0 radical (unpaired) electrons. The van der Waals surface area contributed by atoms with Gasteiger partial charge in [-0.15, -0.1) is 29.8 Å². The minimum absolute atomic E-state index is 0. The van der Waals surface area contributed by atoms with Crippen molar-refractivity contribution in [2.24, 2.45) is 0 Å². The summed E-state index contributed by atoms with van der Waals surface area (Å²) in [6.45, 7) is 29.7. The number of nitrogens with zero attached hydrogens (tertiary/aromatic N) is 4. The quantitative estimate of drug-likeness (QED) is 0.107. The first-order valence-corrected chi connectivity index (χ1v) is 23.6. The average Bonchev–Trinajstić information content (AvgIpc) is 3.88. The number of para-hydroxylation sites is 1. The number of imidazole rings is 1. The van der Waals surface area contributed by atoms with Crippen molar-refractivity contribution < 1.29 is 30.4 Å². The van der Waals surface area contributed by atoms with Crippen LogP contribution in [0.1, 0.15) is 129 Å². The van der Waals surface area contributed by atoms with Gasteiger partial charge in [0, 0.05) is 55.1 Å². The predicted octanol–water partition coefficient (Wildman–Crippen LogP) is 15.0. The van der Waals surface area contributed by atoms with Crippen LogP contribution in [-0.2, 0) is 48.1 Å². The Balaban J connectivity index is 0.00000625. The molecule has 3 heterocycles. The average molecular weight is 1080 g/mol. The fourth-order valence-corrected chi connectivity index (χ4v) is 9.78. The molecule has 0 aliphatic carbocycles. The second kappa shape index (κ2) is 17.8. The zero-order chi connectivity index (χ0) is 47.7. The molecule has 0 aliphatic rings. The summed E-state index contributed by atoms with van der Waals surface area (Å²) in [5.74, 6) is 2.05. The largest absolute Gasteiger partial charge is 0.510 e. The first-order chi connectivity index (χ1) is 31.6. The zero-order valence-electron chi connectivity index (χ0n) is 41.9. The molecule has 5 nitrogen and oxygen atoms in total. The Morgan fingerprint density at radius 3 is 1.74 bits per heavy atom. The predicted molar refractivity (Wildman–Crippen MR) is 276 cm³/mol. The molecule has 9 aromatic rings. The van der Waals surface area contributed by atoms with Crippen molar-refractivity contribution in [1.82, 2.24) is 14.1 Å². The van der Waals surface area contributed by atoms with Crippen LogP contribution in [0.2, 0.25) is 0 Å². The van der Waals surface area contributed by atoms with E-state index in [2.05, 4.69) is 262 Å². The molecule has 0 spiro atoms. The minimum Gasteiger partial charge on any atom is -0.510 e. The van der Waals surface area contributed by atoms with Gasteiger partial charge in [-0.2, -0.15) is 12.1 Å². The van der Waals surface area contributed by atoms with E-state index < -0.39 is 0 Å². The summed E-state index contributed by atoms with van der Waals surface area (Å²) in [4.78, 5) is 5.03. The molecule has 0 saturated carbocycles.